The highest BCUT2D eigenvalue weighted by Gasteiger charge is 2.11. The fourth-order valence-corrected chi connectivity index (χ4v) is 2.11. The Balaban J connectivity index is 3.46. The number of rotatable bonds is 16. The first kappa shape index (κ1) is 24.3. The van der Waals surface area contributed by atoms with Crippen LogP contribution in [0.4, 0.5) is 0 Å². The number of nitrogens with one attached hydrogen (secondary N) is 3. The molecule has 26 heavy (non-hydrogen) atoms. The van der Waals surface area contributed by atoms with Crippen LogP contribution in [0.3, 0.4) is 0 Å². The maximum absolute atomic E-state index is 11.9. The summed E-state index contributed by atoms with van der Waals surface area (Å²) in [6, 6.07) is 0. The van der Waals surface area contributed by atoms with Gasteiger partial charge in [-0.25, -0.2) is 0 Å². The number of hydrogen-bond acceptors (Lipinski definition) is 5. The third-order valence-electron chi connectivity index (χ3n) is 3.68. The molecule has 3 N–H and O–H groups in total. The number of carbonyl (C=O) groups excluding carboxylic acids is 3. The maximum Gasteiger partial charge on any atom is 0.245 e. The Labute approximate surface area is 156 Å². The number of hydrogen-bond donors (Lipinski definition) is 3. The summed E-state index contributed by atoms with van der Waals surface area (Å²) < 4.78 is 10.5. The highest BCUT2D eigenvalue weighted by Crippen LogP contribution is 2.07. The molecule has 0 aromatic carbocycles. The van der Waals surface area contributed by atoms with Crippen LogP contribution in [-0.2, 0) is 23.9 Å². The van der Waals surface area contributed by atoms with Gasteiger partial charge in [-0.05, 0) is 19.8 Å². The molecule has 0 radical (unpaired) electrons. The molecule has 152 valence electrons. The second-order valence-corrected chi connectivity index (χ2v) is 6.01. The maximum atomic E-state index is 11.9. The number of likely N-dealkylation sites (N-methyl/N-ethyl adjacent to an activating group) is 1. The van der Waals surface area contributed by atoms with Crippen molar-refractivity contribution >= 4 is 17.7 Å². The van der Waals surface area contributed by atoms with Gasteiger partial charge in [0.05, 0.1) is 19.8 Å². The van der Waals surface area contributed by atoms with Crippen LogP contribution in [0.15, 0.2) is 0 Å². The molecule has 0 aliphatic rings. The Morgan fingerprint density at radius 2 is 1.58 bits per heavy atom. The predicted octanol–water partition coefficient (Wildman–Crippen LogP) is 0.605. The minimum absolute atomic E-state index is 0.0127. The fourth-order valence-electron chi connectivity index (χ4n) is 2.11. The first-order valence-electron chi connectivity index (χ1n) is 9.47. The number of carbonyl (C=O) groups is 3. The van der Waals surface area contributed by atoms with Gasteiger partial charge in [0, 0.05) is 32.0 Å². The molecule has 0 aliphatic carbocycles. The molecule has 0 rings (SSSR count). The van der Waals surface area contributed by atoms with E-state index in [1.807, 2.05) is 20.8 Å². The van der Waals surface area contributed by atoms with Gasteiger partial charge in [-0.2, -0.15) is 0 Å². The Morgan fingerprint density at radius 1 is 0.846 bits per heavy atom. The molecule has 0 fully saturated rings. The molecule has 8 heteroatoms. The van der Waals surface area contributed by atoms with E-state index >= 15 is 0 Å². The number of amides is 3. The minimum Gasteiger partial charge on any atom is -0.377 e. The topological polar surface area (TPSA) is 106 Å². The van der Waals surface area contributed by atoms with Gasteiger partial charge in [-0.3, -0.25) is 14.4 Å². The van der Waals surface area contributed by atoms with Crippen LogP contribution in [0.1, 0.15) is 46.5 Å². The molecule has 8 nitrogen and oxygen atoms in total. The summed E-state index contributed by atoms with van der Waals surface area (Å²) in [5, 5.41) is 8.30. The summed E-state index contributed by atoms with van der Waals surface area (Å²) in [4.78, 5) is 34.1. The van der Waals surface area contributed by atoms with Crippen molar-refractivity contribution < 1.29 is 23.9 Å². The van der Waals surface area contributed by atoms with Crippen molar-refractivity contribution in [1.82, 2.24) is 16.0 Å². The van der Waals surface area contributed by atoms with E-state index in [2.05, 4.69) is 16.0 Å². The molecule has 0 bridgehead atoms. The quantitative estimate of drug-likeness (QED) is 0.344. The second-order valence-electron chi connectivity index (χ2n) is 6.01. The molecule has 0 aliphatic heterocycles. The molecule has 0 spiro atoms. The molecule has 0 unspecified atom stereocenters. The van der Waals surface area contributed by atoms with Crippen molar-refractivity contribution in [2.45, 2.75) is 46.5 Å². The number of ether oxygens (including phenoxy) is 2. The summed E-state index contributed by atoms with van der Waals surface area (Å²) >= 11 is 0. The first-order chi connectivity index (χ1) is 12.5. The molecule has 0 heterocycles. The Bertz CT molecular complexity index is 404. The monoisotopic (exact) mass is 373 g/mol. The lowest BCUT2D eigenvalue weighted by Gasteiger charge is -2.12. The van der Waals surface area contributed by atoms with Gasteiger partial charge in [0.2, 0.25) is 17.7 Å². The average Bonchev–Trinajstić information content (AvgIpc) is 2.63. The van der Waals surface area contributed by atoms with Gasteiger partial charge < -0.3 is 25.4 Å². The first-order valence-corrected chi connectivity index (χ1v) is 9.47. The van der Waals surface area contributed by atoms with Crippen LogP contribution in [0.25, 0.3) is 0 Å². The molecule has 1 atom stereocenters. The zero-order valence-corrected chi connectivity index (χ0v) is 16.4. The standard InChI is InChI=1S/C18H35N3O5/c1-4-16(22)20-9-7-6-8-15(3)18(24)21-10-11-25-12-13-26-14-17(23)19-5-2/h15H,4-14H2,1-3H3,(H,19,23)(H,20,22)(H,21,24)/t15-/m0/s1. The van der Waals surface area contributed by atoms with Gasteiger partial charge in [-0.1, -0.05) is 20.3 Å². The van der Waals surface area contributed by atoms with Crippen LogP contribution in [0.2, 0.25) is 0 Å². The van der Waals surface area contributed by atoms with E-state index in [4.69, 9.17) is 9.47 Å². The van der Waals surface area contributed by atoms with E-state index in [-0.39, 0.29) is 30.2 Å². The van der Waals surface area contributed by atoms with Crippen molar-refractivity contribution in [2.75, 3.05) is 46.1 Å². The average molecular weight is 373 g/mol. The van der Waals surface area contributed by atoms with Crippen LogP contribution in [-0.4, -0.2) is 63.8 Å². The minimum atomic E-state index is -0.138. The molecule has 0 saturated carbocycles. The SMILES string of the molecule is CCNC(=O)COCCOCCNC(=O)[C@@H](C)CCCCNC(=O)CC. The van der Waals surface area contributed by atoms with Gasteiger partial charge in [0.15, 0.2) is 0 Å². The molecule has 0 aromatic heterocycles. The Morgan fingerprint density at radius 3 is 2.27 bits per heavy atom. The van der Waals surface area contributed by atoms with Gasteiger partial charge in [0.1, 0.15) is 6.61 Å². The summed E-state index contributed by atoms with van der Waals surface area (Å²) in [5.41, 5.74) is 0. The largest absolute Gasteiger partial charge is 0.377 e. The third kappa shape index (κ3) is 14.7. The smallest absolute Gasteiger partial charge is 0.245 e. The highest BCUT2D eigenvalue weighted by molar-refractivity contribution is 5.78. The van der Waals surface area contributed by atoms with Gasteiger partial charge in [-0.15, -0.1) is 0 Å². The second kappa shape index (κ2) is 16.8. The van der Waals surface area contributed by atoms with Crippen LogP contribution in [0.5, 0.6) is 0 Å². The van der Waals surface area contributed by atoms with Gasteiger partial charge in [0.25, 0.3) is 0 Å². The Kier molecular flexibility index (Phi) is 15.7. The van der Waals surface area contributed by atoms with Crippen molar-refractivity contribution in [3.05, 3.63) is 0 Å². The van der Waals surface area contributed by atoms with E-state index in [0.29, 0.717) is 45.9 Å². The summed E-state index contributed by atoms with van der Waals surface area (Å²) in [6.07, 6.45) is 3.07. The summed E-state index contributed by atoms with van der Waals surface area (Å²) in [5.74, 6) is -0.122. The van der Waals surface area contributed by atoms with E-state index in [0.717, 1.165) is 19.3 Å². The van der Waals surface area contributed by atoms with E-state index in [1.165, 1.54) is 0 Å². The van der Waals surface area contributed by atoms with Gasteiger partial charge >= 0.3 is 0 Å². The van der Waals surface area contributed by atoms with Crippen molar-refractivity contribution in [3.63, 3.8) is 0 Å². The Hall–Kier alpha value is -1.67. The number of unbranched alkanes of at least 4 members (excludes halogenated alkanes) is 1. The highest BCUT2D eigenvalue weighted by atomic mass is 16.5. The fraction of sp³-hybridized carbons (Fsp3) is 0.833. The zero-order valence-electron chi connectivity index (χ0n) is 16.4. The zero-order chi connectivity index (χ0) is 19.6. The van der Waals surface area contributed by atoms with E-state index in [1.54, 1.807) is 0 Å². The van der Waals surface area contributed by atoms with E-state index in [9.17, 15) is 14.4 Å². The molecular weight excluding hydrogens is 338 g/mol. The predicted molar refractivity (Wildman–Crippen MR) is 99.6 cm³/mol. The van der Waals surface area contributed by atoms with Crippen LogP contribution in [0, 0.1) is 5.92 Å². The molecular formula is C18H35N3O5. The molecule has 0 aromatic rings. The lowest BCUT2D eigenvalue weighted by molar-refractivity contribution is -0.127. The lowest BCUT2D eigenvalue weighted by Crippen LogP contribution is -2.32. The third-order valence-corrected chi connectivity index (χ3v) is 3.68. The lowest BCUT2D eigenvalue weighted by atomic mass is 10.0. The molecule has 0 saturated heterocycles. The van der Waals surface area contributed by atoms with E-state index < -0.39 is 0 Å². The summed E-state index contributed by atoms with van der Waals surface area (Å²) in [7, 11) is 0. The van der Waals surface area contributed by atoms with Crippen molar-refractivity contribution in [3.8, 4) is 0 Å². The van der Waals surface area contributed by atoms with Crippen molar-refractivity contribution in [1.29, 1.82) is 0 Å². The van der Waals surface area contributed by atoms with Crippen LogP contribution >= 0.6 is 0 Å². The van der Waals surface area contributed by atoms with Crippen molar-refractivity contribution in [2.24, 2.45) is 5.92 Å². The van der Waals surface area contributed by atoms with Crippen LogP contribution < -0.4 is 16.0 Å². The summed E-state index contributed by atoms with van der Waals surface area (Å²) in [6.45, 7) is 8.45. The normalized spacial score (nSPS) is 11.7. The molecule has 3 amide bonds.